The van der Waals surface area contributed by atoms with Crippen LogP contribution in [0.4, 0.5) is 0 Å². The van der Waals surface area contributed by atoms with Crippen LogP contribution in [0.15, 0.2) is 29.3 Å². The van der Waals surface area contributed by atoms with Gasteiger partial charge >= 0.3 is 0 Å². The van der Waals surface area contributed by atoms with Crippen LogP contribution in [0.5, 0.6) is 0 Å². The molecule has 0 aromatic heterocycles. The first kappa shape index (κ1) is 25.4. The minimum atomic E-state index is -3.34. The molecule has 0 radical (unpaired) electrons. The predicted octanol–water partition coefficient (Wildman–Crippen LogP) is 2.15. The maximum atomic E-state index is 12.1. The molecule has 2 rings (SSSR count). The molecule has 1 heterocycles. The minimum Gasteiger partial charge on any atom is -0.377 e. The maximum absolute atomic E-state index is 12.1. The summed E-state index contributed by atoms with van der Waals surface area (Å²) < 4.78 is 32.4. The van der Waals surface area contributed by atoms with Gasteiger partial charge in [-0.15, -0.1) is 24.0 Å². The van der Waals surface area contributed by atoms with Crippen molar-refractivity contribution >= 4 is 51.6 Å². The van der Waals surface area contributed by atoms with Gasteiger partial charge in [0.25, 0.3) is 0 Å². The van der Waals surface area contributed by atoms with E-state index in [1.807, 2.05) is 24.3 Å². The van der Waals surface area contributed by atoms with E-state index in [2.05, 4.69) is 20.3 Å². The number of ether oxygens (including phenoxy) is 1. The summed E-state index contributed by atoms with van der Waals surface area (Å²) in [5, 5.41) is 6.92. The number of nitrogens with zero attached hydrogens (tertiary/aromatic N) is 1. The van der Waals surface area contributed by atoms with Crippen molar-refractivity contribution in [3.05, 3.63) is 34.9 Å². The van der Waals surface area contributed by atoms with Gasteiger partial charge in [0.15, 0.2) is 5.96 Å². The third-order valence-corrected chi connectivity index (χ3v) is 5.91. The highest BCUT2D eigenvalue weighted by atomic mass is 127. The Hall–Kier alpha value is -0.620. The van der Waals surface area contributed by atoms with Crippen LogP contribution in [0.1, 0.15) is 24.8 Å². The van der Waals surface area contributed by atoms with Crippen molar-refractivity contribution in [3.63, 3.8) is 0 Å². The molecule has 0 aliphatic carbocycles. The van der Waals surface area contributed by atoms with Gasteiger partial charge in [0.1, 0.15) is 0 Å². The van der Waals surface area contributed by atoms with Gasteiger partial charge in [-0.1, -0.05) is 23.7 Å². The van der Waals surface area contributed by atoms with E-state index in [4.69, 9.17) is 16.3 Å². The Labute approximate surface area is 190 Å². The second-order valence-corrected chi connectivity index (χ2v) is 8.82. The molecule has 10 heteroatoms. The Morgan fingerprint density at radius 3 is 2.57 bits per heavy atom. The van der Waals surface area contributed by atoms with Crippen LogP contribution in [0, 0.1) is 0 Å². The molecule has 1 saturated heterocycles. The molecule has 0 spiro atoms. The van der Waals surface area contributed by atoms with Gasteiger partial charge in [-0.05, 0) is 43.4 Å². The van der Waals surface area contributed by atoms with Crippen LogP contribution in [0.25, 0.3) is 0 Å². The Morgan fingerprint density at radius 1 is 1.21 bits per heavy atom. The molecule has 1 aliphatic heterocycles. The molecule has 1 fully saturated rings. The van der Waals surface area contributed by atoms with E-state index in [9.17, 15) is 8.42 Å². The van der Waals surface area contributed by atoms with Crippen molar-refractivity contribution in [2.24, 2.45) is 4.99 Å². The average molecular weight is 545 g/mol. The lowest BCUT2D eigenvalue weighted by Gasteiger charge is -2.22. The van der Waals surface area contributed by atoms with E-state index < -0.39 is 10.0 Å². The van der Waals surface area contributed by atoms with Crippen molar-refractivity contribution in [1.29, 1.82) is 0 Å². The molecule has 28 heavy (non-hydrogen) atoms. The first-order chi connectivity index (χ1) is 13.0. The molecule has 1 aromatic rings. The molecular weight excluding hydrogens is 515 g/mol. The van der Waals surface area contributed by atoms with Crippen LogP contribution in [0.3, 0.4) is 0 Å². The van der Waals surface area contributed by atoms with E-state index in [1.165, 1.54) is 5.56 Å². The van der Waals surface area contributed by atoms with Gasteiger partial charge in [0.05, 0.1) is 11.9 Å². The predicted molar refractivity (Wildman–Crippen MR) is 125 cm³/mol. The van der Waals surface area contributed by atoms with Crippen LogP contribution < -0.4 is 15.4 Å². The summed E-state index contributed by atoms with van der Waals surface area (Å²) in [4.78, 5) is 4.11. The Bertz CT molecular complexity index is 695. The molecular formula is C18H30ClIN4O3S. The van der Waals surface area contributed by atoms with Crippen molar-refractivity contribution in [2.45, 2.75) is 31.8 Å². The second kappa shape index (κ2) is 13.6. The van der Waals surface area contributed by atoms with Gasteiger partial charge in [-0.2, -0.15) is 0 Å². The Balaban J connectivity index is 0.00000392. The Kier molecular flexibility index (Phi) is 12.3. The summed E-state index contributed by atoms with van der Waals surface area (Å²) in [5.41, 5.74) is 1.17. The fraction of sp³-hybridized carbons (Fsp3) is 0.611. The lowest BCUT2D eigenvalue weighted by molar-refractivity contribution is 0.0200. The summed E-state index contributed by atoms with van der Waals surface area (Å²) in [7, 11) is -1.68. The van der Waals surface area contributed by atoms with E-state index >= 15 is 0 Å². The molecule has 1 aromatic carbocycles. The SMILES string of the molecule is CN=C(NCCc1ccc(Cl)cc1)NCCS(=O)(=O)NCC1CCCCO1.I. The average Bonchev–Trinajstić information content (AvgIpc) is 2.67. The maximum Gasteiger partial charge on any atom is 0.213 e. The number of hydrogen-bond donors (Lipinski definition) is 3. The molecule has 3 N–H and O–H groups in total. The lowest BCUT2D eigenvalue weighted by Crippen LogP contribution is -2.43. The highest BCUT2D eigenvalue weighted by Crippen LogP contribution is 2.12. The summed E-state index contributed by atoms with van der Waals surface area (Å²) in [6.45, 7) is 2.02. The number of nitrogens with one attached hydrogen (secondary N) is 3. The first-order valence-corrected chi connectivity index (χ1v) is 11.3. The first-order valence-electron chi connectivity index (χ1n) is 9.26. The second-order valence-electron chi connectivity index (χ2n) is 6.46. The van der Waals surface area contributed by atoms with Crippen LogP contribution >= 0.6 is 35.6 Å². The molecule has 0 bridgehead atoms. The summed E-state index contributed by atoms with van der Waals surface area (Å²) in [6, 6.07) is 7.68. The zero-order valence-corrected chi connectivity index (χ0v) is 20.0. The zero-order valence-electron chi connectivity index (χ0n) is 16.1. The smallest absolute Gasteiger partial charge is 0.213 e. The third kappa shape index (κ3) is 10.2. The van der Waals surface area contributed by atoms with Gasteiger partial charge in [-0.25, -0.2) is 13.1 Å². The number of halogens is 2. The fourth-order valence-electron chi connectivity index (χ4n) is 2.76. The standard InChI is InChI=1S/C18H29ClN4O3S.HI/c1-20-18(21-10-9-15-5-7-16(19)8-6-15)22-11-13-27(24,25)23-14-17-4-2-3-12-26-17;/h5-8,17,23H,2-4,9-14H2,1H3,(H2,20,21,22);1H. The van der Waals surface area contributed by atoms with Crippen molar-refractivity contribution in [1.82, 2.24) is 15.4 Å². The van der Waals surface area contributed by atoms with Crippen LogP contribution in [0.2, 0.25) is 5.02 Å². The molecule has 1 aliphatic rings. The van der Waals surface area contributed by atoms with Crippen LogP contribution in [-0.4, -0.2) is 59.5 Å². The molecule has 160 valence electrons. The van der Waals surface area contributed by atoms with E-state index in [0.29, 0.717) is 30.7 Å². The lowest BCUT2D eigenvalue weighted by atomic mass is 10.1. The number of aliphatic imine (C=N–C) groups is 1. The number of benzene rings is 1. The summed E-state index contributed by atoms with van der Waals surface area (Å²) >= 11 is 5.87. The molecule has 7 nitrogen and oxygen atoms in total. The summed E-state index contributed by atoms with van der Waals surface area (Å²) in [6.07, 6.45) is 3.86. The van der Waals surface area contributed by atoms with Crippen molar-refractivity contribution in [2.75, 3.05) is 39.0 Å². The van der Waals surface area contributed by atoms with Gasteiger partial charge < -0.3 is 15.4 Å². The van der Waals surface area contributed by atoms with Crippen LogP contribution in [-0.2, 0) is 21.2 Å². The normalized spacial score (nSPS) is 17.6. The van der Waals surface area contributed by atoms with Gasteiger partial charge in [0, 0.05) is 38.3 Å². The highest BCUT2D eigenvalue weighted by molar-refractivity contribution is 14.0. The van der Waals surface area contributed by atoms with Gasteiger partial charge in [0.2, 0.25) is 10.0 Å². The van der Waals surface area contributed by atoms with Crippen molar-refractivity contribution < 1.29 is 13.2 Å². The topological polar surface area (TPSA) is 91.8 Å². The highest BCUT2D eigenvalue weighted by Gasteiger charge is 2.17. The van der Waals surface area contributed by atoms with E-state index in [-0.39, 0.29) is 42.4 Å². The fourth-order valence-corrected chi connectivity index (χ4v) is 3.84. The largest absolute Gasteiger partial charge is 0.377 e. The van der Waals surface area contributed by atoms with E-state index in [0.717, 1.165) is 25.7 Å². The minimum absolute atomic E-state index is 0. The molecule has 0 saturated carbocycles. The molecule has 1 atom stereocenters. The van der Waals surface area contributed by atoms with Crippen molar-refractivity contribution in [3.8, 4) is 0 Å². The summed E-state index contributed by atoms with van der Waals surface area (Å²) in [5.74, 6) is 0.562. The third-order valence-electron chi connectivity index (χ3n) is 4.31. The number of rotatable bonds is 9. The monoisotopic (exact) mass is 544 g/mol. The number of guanidine groups is 1. The van der Waals surface area contributed by atoms with Gasteiger partial charge in [-0.3, -0.25) is 4.99 Å². The Morgan fingerprint density at radius 2 is 1.93 bits per heavy atom. The number of hydrogen-bond acceptors (Lipinski definition) is 4. The quantitative estimate of drug-likeness (QED) is 0.252. The molecule has 1 unspecified atom stereocenters. The zero-order chi connectivity index (χ0) is 19.5. The van der Waals surface area contributed by atoms with E-state index in [1.54, 1.807) is 7.05 Å². The molecule has 0 amide bonds. The number of sulfonamides is 1.